The summed E-state index contributed by atoms with van der Waals surface area (Å²) in [4.78, 5) is 63.3. The second-order valence-electron chi connectivity index (χ2n) is 11.8. The lowest BCUT2D eigenvalue weighted by Gasteiger charge is -2.31. The molecule has 0 aliphatic carbocycles. The Balaban J connectivity index is 1.99. The van der Waals surface area contributed by atoms with Crippen LogP contribution in [0.3, 0.4) is 0 Å². The smallest absolute Gasteiger partial charge is 0.412 e. The number of amides is 1. The van der Waals surface area contributed by atoms with Crippen LogP contribution in [0.5, 0.6) is 5.75 Å². The van der Waals surface area contributed by atoms with E-state index in [4.69, 9.17) is 23.7 Å². The Labute approximate surface area is 257 Å². The Morgan fingerprint density at radius 2 is 1.71 bits per heavy atom. The lowest BCUT2D eigenvalue weighted by molar-refractivity contribution is -0.169. The van der Waals surface area contributed by atoms with Gasteiger partial charge in [0.15, 0.2) is 12.3 Å². The largest absolute Gasteiger partial charge is 0.463 e. The van der Waals surface area contributed by atoms with Crippen LogP contribution in [0.2, 0.25) is 0 Å². The third-order valence-corrected chi connectivity index (χ3v) is 7.18. The highest BCUT2D eigenvalue weighted by atomic mass is 16.6. The van der Waals surface area contributed by atoms with Gasteiger partial charge in [0, 0.05) is 5.39 Å². The average molecular weight is 632 g/mol. The van der Waals surface area contributed by atoms with Gasteiger partial charge in [0.1, 0.15) is 35.4 Å². The van der Waals surface area contributed by atoms with Gasteiger partial charge in [-0.05, 0) is 13.0 Å². The van der Waals surface area contributed by atoms with Crippen molar-refractivity contribution in [1.29, 1.82) is 0 Å². The number of esters is 3. The number of ether oxygens (including phenoxy) is 5. The van der Waals surface area contributed by atoms with Crippen LogP contribution >= 0.6 is 0 Å². The number of carbonyl (C=O) groups excluding carboxylic acids is 4. The number of aromatic nitrogens is 4. The fourth-order valence-electron chi connectivity index (χ4n) is 4.70. The van der Waals surface area contributed by atoms with Gasteiger partial charge in [0.25, 0.3) is 5.56 Å². The van der Waals surface area contributed by atoms with Gasteiger partial charge in [-0.15, -0.1) is 0 Å². The second-order valence-corrected chi connectivity index (χ2v) is 11.8. The van der Waals surface area contributed by atoms with Gasteiger partial charge in [-0.25, -0.2) is 14.6 Å². The summed E-state index contributed by atoms with van der Waals surface area (Å²) in [7, 11) is 1.12. The van der Waals surface area contributed by atoms with Crippen LogP contribution in [-0.4, -0.2) is 80.6 Å². The van der Waals surface area contributed by atoms with Gasteiger partial charge in [-0.2, -0.15) is 10.2 Å². The van der Waals surface area contributed by atoms with Crippen molar-refractivity contribution in [1.82, 2.24) is 20.0 Å². The predicted octanol–water partition coefficient (Wildman–Crippen LogP) is 2.43. The highest BCUT2D eigenvalue weighted by Gasteiger charge is 2.57. The lowest BCUT2D eigenvalue weighted by Crippen LogP contribution is -2.48. The molecule has 0 saturated carbocycles. The standard InChI is InChI=1S/C29H37N5O11/c1-12(2)24(36)42-11-18-21(45-26(38)14(5)6)29(7,40)27(44-18)34-22(31-28(39)41-8)20-17(43-25(37)13(3)4)9-15-19(20)16(33-34)10-30-32-23(15)35/h9-10,12-14,18,21,27,40H,11H2,1-8H3,(H,31,39)(H,32,35). The van der Waals surface area contributed by atoms with Gasteiger partial charge in [0.05, 0.1) is 41.8 Å². The minimum atomic E-state index is -2.07. The highest BCUT2D eigenvalue weighted by molar-refractivity contribution is 6.18. The second kappa shape index (κ2) is 12.8. The summed E-state index contributed by atoms with van der Waals surface area (Å²) in [6, 6.07) is 1.31. The molecule has 4 atom stereocenters. The molecule has 3 N–H and O–H groups in total. The number of anilines is 1. The summed E-state index contributed by atoms with van der Waals surface area (Å²) < 4.78 is 28.8. The molecular weight excluding hydrogens is 594 g/mol. The maximum Gasteiger partial charge on any atom is 0.412 e. The van der Waals surface area contributed by atoms with Crippen molar-refractivity contribution < 1.29 is 48.0 Å². The number of nitrogens with one attached hydrogen (secondary N) is 2. The molecule has 3 aromatic rings. The summed E-state index contributed by atoms with van der Waals surface area (Å²) in [6.07, 6.45) is -3.83. The van der Waals surface area contributed by atoms with Crippen molar-refractivity contribution in [2.24, 2.45) is 17.8 Å². The third-order valence-electron chi connectivity index (χ3n) is 7.18. The summed E-state index contributed by atoms with van der Waals surface area (Å²) in [5.41, 5.74) is -2.63. The van der Waals surface area contributed by atoms with E-state index in [9.17, 15) is 29.1 Å². The zero-order valence-electron chi connectivity index (χ0n) is 26.2. The number of hydrogen-bond acceptors (Lipinski definition) is 13. The topological polar surface area (TPSA) is 210 Å². The molecule has 244 valence electrons. The predicted molar refractivity (Wildman–Crippen MR) is 157 cm³/mol. The first-order valence-corrected chi connectivity index (χ1v) is 14.3. The Morgan fingerprint density at radius 3 is 2.31 bits per heavy atom. The molecule has 0 spiro atoms. The van der Waals surface area contributed by atoms with Crippen molar-refractivity contribution in [3.05, 3.63) is 22.6 Å². The Morgan fingerprint density at radius 1 is 1.07 bits per heavy atom. The quantitative estimate of drug-likeness (QED) is 0.229. The van der Waals surface area contributed by atoms with E-state index in [-0.39, 0.29) is 33.2 Å². The monoisotopic (exact) mass is 631 g/mol. The van der Waals surface area contributed by atoms with Gasteiger partial charge in [-0.3, -0.25) is 24.5 Å². The van der Waals surface area contributed by atoms with Crippen LogP contribution in [-0.2, 0) is 33.3 Å². The lowest BCUT2D eigenvalue weighted by atomic mass is 9.96. The molecule has 1 amide bonds. The highest BCUT2D eigenvalue weighted by Crippen LogP contribution is 2.46. The number of aromatic amines is 1. The fraction of sp³-hybridized carbons (Fsp3) is 0.552. The maximum atomic E-state index is 12.9. The first kappa shape index (κ1) is 33.3. The van der Waals surface area contributed by atoms with Crippen LogP contribution in [0.25, 0.3) is 21.7 Å². The summed E-state index contributed by atoms with van der Waals surface area (Å²) >= 11 is 0. The van der Waals surface area contributed by atoms with Crippen molar-refractivity contribution in [2.45, 2.75) is 72.5 Å². The maximum absolute atomic E-state index is 12.9. The van der Waals surface area contributed by atoms with Crippen molar-refractivity contribution in [3.8, 4) is 5.75 Å². The SMILES string of the molecule is COC(=O)Nc1c2c(OC(=O)C(C)C)cc3c(=O)[nH]ncc(nn1C1OC(COC(=O)C(C)C)C(OC(=O)C(C)C)C1(C)O)c23. The molecule has 16 heteroatoms. The molecule has 1 aromatic carbocycles. The molecule has 3 heterocycles. The summed E-state index contributed by atoms with van der Waals surface area (Å²) in [5, 5.41) is 25.5. The van der Waals surface area contributed by atoms with E-state index in [0.717, 1.165) is 11.8 Å². The van der Waals surface area contributed by atoms with E-state index in [2.05, 4.69) is 20.6 Å². The van der Waals surface area contributed by atoms with Crippen molar-refractivity contribution >= 4 is 51.5 Å². The zero-order chi connectivity index (χ0) is 33.4. The van der Waals surface area contributed by atoms with Crippen LogP contribution in [0.15, 0.2) is 17.1 Å². The van der Waals surface area contributed by atoms with Crippen LogP contribution in [0.1, 0.15) is 54.7 Å². The molecule has 1 fully saturated rings. The Bertz CT molecular complexity index is 1690. The van der Waals surface area contributed by atoms with Crippen molar-refractivity contribution in [2.75, 3.05) is 19.0 Å². The minimum Gasteiger partial charge on any atom is -0.463 e. The molecule has 1 aliphatic rings. The summed E-state index contributed by atoms with van der Waals surface area (Å²) in [6.45, 7) is 10.7. The molecule has 45 heavy (non-hydrogen) atoms. The van der Waals surface area contributed by atoms with E-state index in [1.807, 2.05) is 0 Å². The van der Waals surface area contributed by atoms with E-state index in [1.165, 1.54) is 19.2 Å². The first-order valence-electron chi connectivity index (χ1n) is 14.3. The number of nitrogens with zero attached hydrogens (tertiary/aromatic N) is 3. The Hall–Kier alpha value is -4.57. The average Bonchev–Trinajstić information content (AvgIpc) is 3.41. The van der Waals surface area contributed by atoms with Crippen molar-refractivity contribution in [3.63, 3.8) is 0 Å². The summed E-state index contributed by atoms with van der Waals surface area (Å²) in [5.74, 6) is -3.74. The van der Waals surface area contributed by atoms with Crippen LogP contribution in [0, 0.1) is 17.8 Å². The van der Waals surface area contributed by atoms with Gasteiger partial charge < -0.3 is 28.8 Å². The van der Waals surface area contributed by atoms with E-state index in [1.54, 1.807) is 41.5 Å². The molecule has 0 bridgehead atoms. The number of methoxy groups -OCH3 is 1. The van der Waals surface area contributed by atoms with Gasteiger partial charge in [0.2, 0.25) is 0 Å². The molecule has 0 radical (unpaired) electrons. The van der Waals surface area contributed by atoms with Gasteiger partial charge in [-0.1, -0.05) is 41.5 Å². The Kier molecular flexibility index (Phi) is 9.48. The van der Waals surface area contributed by atoms with E-state index < -0.39 is 78.0 Å². The first-order chi connectivity index (χ1) is 21.1. The molecule has 4 unspecified atom stereocenters. The number of H-pyrrole nitrogens is 1. The van der Waals surface area contributed by atoms with Crippen LogP contribution in [0.4, 0.5) is 10.6 Å². The number of carbonyl (C=O) groups is 4. The van der Waals surface area contributed by atoms with E-state index in [0.29, 0.717) is 0 Å². The normalized spacial score (nSPS) is 21.5. The molecule has 2 aromatic heterocycles. The number of rotatable bonds is 9. The molecule has 1 aliphatic heterocycles. The fourth-order valence-corrected chi connectivity index (χ4v) is 4.70. The van der Waals surface area contributed by atoms with Gasteiger partial charge >= 0.3 is 24.0 Å². The molecule has 4 rings (SSSR count). The molecular formula is C29H37N5O11. The van der Waals surface area contributed by atoms with E-state index >= 15 is 0 Å². The number of aliphatic hydroxyl groups is 1. The minimum absolute atomic E-state index is 0.0398. The molecule has 16 nitrogen and oxygen atoms in total. The van der Waals surface area contributed by atoms with Crippen LogP contribution < -0.4 is 15.6 Å². The molecule has 1 saturated heterocycles. The zero-order valence-corrected chi connectivity index (χ0v) is 26.2. The number of hydrogen-bond donors (Lipinski definition) is 3. The third kappa shape index (κ3) is 6.47.